The van der Waals surface area contributed by atoms with Gasteiger partial charge in [0.1, 0.15) is 0 Å². The summed E-state index contributed by atoms with van der Waals surface area (Å²) in [5.74, 6) is 0. The molecule has 0 aliphatic rings. The van der Waals surface area contributed by atoms with Crippen molar-refractivity contribution in [1.82, 2.24) is 0 Å². The van der Waals surface area contributed by atoms with Gasteiger partial charge in [-0.3, -0.25) is 4.79 Å². The summed E-state index contributed by atoms with van der Waals surface area (Å²) in [5.41, 5.74) is 1.66. The van der Waals surface area contributed by atoms with Gasteiger partial charge in [0.15, 0.2) is 0 Å². The van der Waals surface area contributed by atoms with Gasteiger partial charge in [-0.25, -0.2) is 0 Å². The minimum atomic E-state index is -0.419. The van der Waals surface area contributed by atoms with E-state index < -0.39 is 5.24 Å². The summed E-state index contributed by atoms with van der Waals surface area (Å²) in [7, 11) is 0. The fourth-order valence-corrected chi connectivity index (χ4v) is 2.38. The number of benzene rings is 1. The molecule has 0 N–H and O–H groups in total. The SMILES string of the molecule is O=C(Cl)c1cccc(CCCBr)c1Br. The maximum atomic E-state index is 11.0. The van der Waals surface area contributed by atoms with Crippen LogP contribution in [-0.4, -0.2) is 10.6 Å². The third-order valence-electron chi connectivity index (χ3n) is 1.87. The molecule has 0 atom stereocenters. The first-order valence-corrected chi connectivity index (χ1v) is 6.49. The number of rotatable bonds is 4. The lowest BCUT2D eigenvalue weighted by Gasteiger charge is -2.05. The van der Waals surface area contributed by atoms with Gasteiger partial charge < -0.3 is 0 Å². The van der Waals surface area contributed by atoms with Gasteiger partial charge in [-0.15, -0.1) is 0 Å². The van der Waals surface area contributed by atoms with Crippen LogP contribution in [0.5, 0.6) is 0 Å². The number of carbonyl (C=O) groups excluding carboxylic acids is 1. The Balaban J connectivity index is 2.95. The van der Waals surface area contributed by atoms with Crippen molar-refractivity contribution in [2.45, 2.75) is 12.8 Å². The van der Waals surface area contributed by atoms with Crippen molar-refractivity contribution in [2.24, 2.45) is 0 Å². The first kappa shape index (κ1) is 12.2. The molecule has 0 aromatic heterocycles. The van der Waals surface area contributed by atoms with Crippen LogP contribution >= 0.6 is 43.5 Å². The topological polar surface area (TPSA) is 17.1 Å². The summed E-state index contributed by atoms with van der Waals surface area (Å²) in [4.78, 5) is 11.0. The van der Waals surface area contributed by atoms with Crippen molar-refractivity contribution in [3.63, 3.8) is 0 Å². The summed E-state index contributed by atoms with van der Waals surface area (Å²) in [5, 5.41) is 0.538. The van der Waals surface area contributed by atoms with Gasteiger partial charge in [-0.2, -0.15) is 0 Å². The largest absolute Gasteiger partial charge is 0.276 e. The minimum Gasteiger partial charge on any atom is -0.276 e. The van der Waals surface area contributed by atoms with E-state index in [0.717, 1.165) is 28.2 Å². The highest BCUT2D eigenvalue weighted by Gasteiger charge is 2.09. The second kappa shape index (κ2) is 5.89. The molecule has 1 nitrogen and oxygen atoms in total. The molecular formula is C10H9Br2ClO. The second-order valence-corrected chi connectivity index (χ2v) is 4.77. The number of carbonyl (C=O) groups is 1. The van der Waals surface area contributed by atoms with Gasteiger partial charge in [0.2, 0.25) is 0 Å². The Labute approximate surface area is 105 Å². The van der Waals surface area contributed by atoms with Gasteiger partial charge in [-0.1, -0.05) is 28.1 Å². The molecule has 0 aliphatic carbocycles. The molecule has 1 rings (SSSR count). The van der Waals surface area contributed by atoms with Crippen LogP contribution in [-0.2, 0) is 6.42 Å². The molecule has 76 valence electrons. The Bertz CT molecular complexity index is 339. The molecule has 0 bridgehead atoms. The van der Waals surface area contributed by atoms with E-state index in [-0.39, 0.29) is 0 Å². The summed E-state index contributed by atoms with van der Waals surface area (Å²) >= 11 is 12.2. The Morgan fingerprint density at radius 3 is 2.71 bits per heavy atom. The summed E-state index contributed by atoms with van der Waals surface area (Å²) in [6.45, 7) is 0. The Morgan fingerprint density at radius 2 is 2.14 bits per heavy atom. The average Bonchev–Trinajstić information content (AvgIpc) is 2.16. The van der Waals surface area contributed by atoms with E-state index in [1.807, 2.05) is 12.1 Å². The standard InChI is InChI=1S/C10H9Br2ClO/c11-6-2-4-7-3-1-5-8(9(7)12)10(13)14/h1,3,5H,2,4,6H2. The van der Waals surface area contributed by atoms with Crippen LogP contribution in [0, 0.1) is 0 Å². The van der Waals surface area contributed by atoms with Gasteiger partial charge >= 0.3 is 0 Å². The summed E-state index contributed by atoms with van der Waals surface area (Å²) < 4.78 is 0.820. The van der Waals surface area contributed by atoms with Crippen LogP contribution in [0.2, 0.25) is 0 Å². The van der Waals surface area contributed by atoms with E-state index in [9.17, 15) is 4.79 Å². The van der Waals surface area contributed by atoms with Crippen LogP contribution in [0.25, 0.3) is 0 Å². The molecule has 4 heteroatoms. The van der Waals surface area contributed by atoms with E-state index in [2.05, 4.69) is 31.9 Å². The number of hydrogen-bond donors (Lipinski definition) is 0. The van der Waals surface area contributed by atoms with E-state index in [4.69, 9.17) is 11.6 Å². The summed E-state index contributed by atoms with van der Waals surface area (Å²) in [6, 6.07) is 5.57. The first-order chi connectivity index (χ1) is 6.66. The fraction of sp³-hybridized carbons (Fsp3) is 0.300. The van der Waals surface area contributed by atoms with Gasteiger partial charge in [0.25, 0.3) is 5.24 Å². The lowest BCUT2D eigenvalue weighted by atomic mass is 10.1. The number of alkyl halides is 1. The molecule has 0 radical (unpaired) electrons. The Kier molecular flexibility index (Phi) is 5.13. The van der Waals surface area contributed by atoms with Crippen molar-refractivity contribution in [1.29, 1.82) is 0 Å². The van der Waals surface area contributed by atoms with Crippen molar-refractivity contribution in [3.05, 3.63) is 33.8 Å². The highest BCUT2D eigenvalue weighted by atomic mass is 79.9. The molecule has 1 aromatic rings. The predicted octanol–water partition coefficient (Wildman–Crippen LogP) is 4.16. The zero-order valence-electron chi connectivity index (χ0n) is 7.40. The van der Waals surface area contributed by atoms with Gasteiger partial charge in [-0.05, 0) is 52.0 Å². The number of hydrogen-bond acceptors (Lipinski definition) is 1. The Hall–Kier alpha value is 0.140. The number of halogens is 3. The van der Waals surface area contributed by atoms with E-state index in [0.29, 0.717) is 5.56 Å². The molecule has 0 fully saturated rings. The maximum absolute atomic E-state index is 11.0. The van der Waals surface area contributed by atoms with Crippen molar-refractivity contribution < 1.29 is 4.79 Å². The van der Waals surface area contributed by atoms with E-state index in [1.54, 1.807) is 6.07 Å². The van der Waals surface area contributed by atoms with Crippen LogP contribution in [0.4, 0.5) is 0 Å². The monoisotopic (exact) mass is 338 g/mol. The highest BCUT2D eigenvalue weighted by Crippen LogP contribution is 2.24. The molecule has 14 heavy (non-hydrogen) atoms. The van der Waals surface area contributed by atoms with Crippen molar-refractivity contribution >= 4 is 48.7 Å². The van der Waals surface area contributed by atoms with E-state index in [1.165, 1.54) is 0 Å². The molecule has 0 saturated carbocycles. The second-order valence-electron chi connectivity index (χ2n) is 2.84. The van der Waals surface area contributed by atoms with Crippen LogP contribution in [0.1, 0.15) is 22.3 Å². The number of aryl methyl sites for hydroxylation is 1. The zero-order valence-corrected chi connectivity index (χ0v) is 11.3. The minimum absolute atomic E-state index is 0.419. The molecule has 0 heterocycles. The smallest absolute Gasteiger partial charge is 0.253 e. The molecule has 0 amide bonds. The van der Waals surface area contributed by atoms with Crippen molar-refractivity contribution in [3.8, 4) is 0 Å². The highest BCUT2D eigenvalue weighted by molar-refractivity contribution is 9.10. The average molecular weight is 340 g/mol. The third-order valence-corrected chi connectivity index (χ3v) is 3.57. The zero-order chi connectivity index (χ0) is 10.6. The predicted molar refractivity (Wildman–Crippen MR) is 66.4 cm³/mol. The maximum Gasteiger partial charge on any atom is 0.253 e. The molecular weight excluding hydrogens is 331 g/mol. The van der Waals surface area contributed by atoms with Gasteiger partial charge in [0.05, 0.1) is 0 Å². The van der Waals surface area contributed by atoms with Gasteiger partial charge in [0, 0.05) is 15.4 Å². The third kappa shape index (κ3) is 3.07. The quantitative estimate of drug-likeness (QED) is 0.594. The van der Waals surface area contributed by atoms with Crippen LogP contribution in [0.3, 0.4) is 0 Å². The van der Waals surface area contributed by atoms with Crippen LogP contribution < -0.4 is 0 Å². The summed E-state index contributed by atoms with van der Waals surface area (Å²) in [6.07, 6.45) is 1.97. The first-order valence-electron chi connectivity index (χ1n) is 4.20. The van der Waals surface area contributed by atoms with Crippen LogP contribution in [0.15, 0.2) is 22.7 Å². The molecule has 0 unspecified atom stereocenters. The lowest BCUT2D eigenvalue weighted by molar-refractivity contribution is 0.108. The lowest BCUT2D eigenvalue weighted by Crippen LogP contribution is -1.95. The van der Waals surface area contributed by atoms with E-state index >= 15 is 0 Å². The van der Waals surface area contributed by atoms with Crippen molar-refractivity contribution in [2.75, 3.05) is 5.33 Å². The molecule has 0 spiro atoms. The molecule has 1 aromatic carbocycles. The Morgan fingerprint density at radius 1 is 1.43 bits per heavy atom. The fourth-order valence-electron chi connectivity index (χ4n) is 1.18. The normalized spacial score (nSPS) is 10.2. The molecule has 0 aliphatic heterocycles. The molecule has 0 saturated heterocycles.